The van der Waals surface area contributed by atoms with Gasteiger partial charge >= 0.3 is 0 Å². The topological polar surface area (TPSA) is 57.5 Å². The second kappa shape index (κ2) is 4.46. The first-order chi connectivity index (χ1) is 11.5. The summed E-state index contributed by atoms with van der Waals surface area (Å²) >= 11 is 0. The number of phenols is 2. The Morgan fingerprint density at radius 2 is 1.68 bits per heavy atom. The maximum Gasteiger partial charge on any atom is 0.178 e. The Labute approximate surface area is 128 Å². The third-order valence-electron chi connectivity index (χ3n) is 3.84. The minimum absolute atomic E-state index is 0.148. The molecule has 0 saturated heterocycles. The first kappa shape index (κ1) is 10.6. The molecule has 0 amide bonds. The van der Waals surface area contributed by atoms with E-state index in [0.29, 0.717) is 32.3 Å². The van der Waals surface area contributed by atoms with Crippen LogP contribution in [0.25, 0.3) is 27.1 Å². The van der Waals surface area contributed by atoms with Crippen LogP contribution in [0, 0.1) is 0 Å². The van der Waals surface area contributed by atoms with Gasteiger partial charge in [0.05, 0.1) is 2.74 Å². The summed E-state index contributed by atoms with van der Waals surface area (Å²) in [6, 6.07) is 6.73. The van der Waals surface area contributed by atoms with Gasteiger partial charge in [-0.2, -0.15) is 0 Å². The summed E-state index contributed by atoms with van der Waals surface area (Å²) in [5.74, 6) is -0.811. The lowest BCUT2D eigenvalue weighted by Gasteiger charge is -2.11. The number of phenolic OH excluding ortho intramolecular Hbond substituents is 2. The van der Waals surface area contributed by atoms with Crippen molar-refractivity contribution in [3.05, 3.63) is 65.9 Å². The number of aromatic hydroxyl groups is 2. The van der Waals surface area contributed by atoms with Crippen LogP contribution in [0.4, 0.5) is 0 Å². The molecule has 0 fully saturated rings. The zero-order chi connectivity index (χ0) is 17.0. The van der Waals surface area contributed by atoms with Crippen LogP contribution in [-0.2, 0) is 4.79 Å². The summed E-state index contributed by atoms with van der Waals surface area (Å²) < 4.78 is 16.4. The van der Waals surface area contributed by atoms with Crippen LogP contribution in [0.1, 0.15) is 2.74 Å². The Morgan fingerprint density at radius 3 is 2.45 bits per heavy atom. The number of carbonyl (C=O) groups is 1. The molecule has 4 rings (SSSR count). The molecule has 0 spiro atoms. The van der Waals surface area contributed by atoms with Gasteiger partial charge in [-0.1, -0.05) is 42.4 Å². The lowest BCUT2D eigenvalue weighted by atomic mass is 9.98. The second-order valence-electron chi connectivity index (χ2n) is 5.16. The van der Waals surface area contributed by atoms with Crippen molar-refractivity contribution in [1.82, 2.24) is 0 Å². The summed E-state index contributed by atoms with van der Waals surface area (Å²) in [6.45, 7) is 0. The zero-order valence-electron chi connectivity index (χ0n) is 13.4. The van der Waals surface area contributed by atoms with E-state index in [4.69, 9.17) is 2.74 Å². The molecular formula is C19H12O3. The fourth-order valence-corrected chi connectivity index (χ4v) is 2.81. The molecule has 0 radical (unpaired) electrons. The van der Waals surface area contributed by atoms with Gasteiger partial charge in [-0.3, -0.25) is 4.79 Å². The van der Waals surface area contributed by atoms with Crippen LogP contribution in [0.15, 0.2) is 60.7 Å². The first-order valence-corrected chi connectivity index (χ1v) is 6.79. The van der Waals surface area contributed by atoms with Gasteiger partial charge in [-0.05, 0) is 39.8 Å². The number of benzene rings is 3. The number of ketones is 1. The highest BCUT2D eigenvalue weighted by Crippen LogP contribution is 2.37. The van der Waals surface area contributed by atoms with E-state index in [0.717, 1.165) is 0 Å². The molecule has 0 atom stereocenters. The van der Waals surface area contributed by atoms with Crippen molar-refractivity contribution in [2.24, 2.45) is 0 Å². The van der Waals surface area contributed by atoms with E-state index >= 15 is 0 Å². The van der Waals surface area contributed by atoms with Crippen molar-refractivity contribution >= 4 is 32.9 Å². The lowest BCUT2D eigenvalue weighted by molar-refractivity contribution is -0.110. The van der Waals surface area contributed by atoms with Gasteiger partial charge in [0.25, 0.3) is 0 Å². The molecule has 1 aliphatic carbocycles. The van der Waals surface area contributed by atoms with Gasteiger partial charge in [-0.15, -0.1) is 0 Å². The third kappa shape index (κ3) is 1.72. The van der Waals surface area contributed by atoms with Gasteiger partial charge in [-0.25, -0.2) is 0 Å². The molecular weight excluding hydrogens is 278 g/mol. The minimum Gasteiger partial charge on any atom is -0.504 e. The number of rotatable bonds is 0. The number of allylic oxidation sites excluding steroid dienone is 4. The standard InChI is InChI=1S/C19H12O3/c20-14-7-4-11(5-8-14)15-9-6-12-2-1-3-13-10-16(21)19(22)18(15)17(12)13/h1-10,21-22H/i1+1,3D,9+1D. The fourth-order valence-electron chi connectivity index (χ4n) is 2.81. The number of hydrogen-bond acceptors (Lipinski definition) is 3. The Hall–Kier alpha value is -3.07. The van der Waals surface area contributed by atoms with Crippen LogP contribution in [0.3, 0.4) is 0 Å². The highest BCUT2D eigenvalue weighted by atomic mass is 16.3. The molecule has 0 aliphatic heterocycles. The summed E-state index contributed by atoms with van der Waals surface area (Å²) in [5.41, 5.74) is 0.596. The normalized spacial score (nSPS) is 15.6. The van der Waals surface area contributed by atoms with E-state index in [1.165, 1.54) is 18.2 Å². The van der Waals surface area contributed by atoms with Crippen LogP contribution in [-0.4, -0.2) is 16.0 Å². The first-order valence-electron chi connectivity index (χ1n) is 7.79. The van der Waals surface area contributed by atoms with Crippen molar-refractivity contribution < 1.29 is 17.7 Å². The summed E-state index contributed by atoms with van der Waals surface area (Å²) in [4.78, 5) is 11.4. The van der Waals surface area contributed by atoms with Crippen molar-refractivity contribution in [1.29, 1.82) is 0 Å². The Kier molecular flexibility index (Phi) is 2.16. The Balaban J connectivity index is 2.35. The molecule has 0 aromatic heterocycles. The summed E-state index contributed by atoms with van der Waals surface area (Å²) in [5, 5.41) is 23.1. The van der Waals surface area contributed by atoms with Gasteiger partial charge in [0.15, 0.2) is 17.3 Å². The molecule has 0 unspecified atom stereocenters. The van der Waals surface area contributed by atoms with Crippen LogP contribution >= 0.6 is 0 Å². The fraction of sp³-hybridized carbons (Fsp3) is 0. The maximum absolute atomic E-state index is 11.4. The van der Waals surface area contributed by atoms with Crippen LogP contribution in [0.2, 0.25) is 0 Å². The van der Waals surface area contributed by atoms with E-state index in [1.54, 1.807) is 30.4 Å². The molecule has 0 bridgehead atoms. The number of hydrogen-bond donors (Lipinski definition) is 2. The molecule has 3 nitrogen and oxygen atoms in total. The van der Waals surface area contributed by atoms with Gasteiger partial charge in [0.1, 0.15) is 0 Å². The molecule has 106 valence electrons. The largest absolute Gasteiger partial charge is 0.504 e. The predicted molar refractivity (Wildman–Crippen MR) is 86.7 cm³/mol. The summed E-state index contributed by atoms with van der Waals surface area (Å²) in [7, 11) is 0. The molecule has 3 aromatic rings. The average Bonchev–Trinajstić information content (AvgIpc) is 2.56. The molecule has 3 heteroatoms. The maximum atomic E-state index is 11.4. The average molecular weight is 292 g/mol. The molecule has 3 aromatic carbocycles. The van der Waals surface area contributed by atoms with E-state index in [1.807, 2.05) is 0 Å². The lowest BCUT2D eigenvalue weighted by Crippen LogP contribution is -2.08. The molecule has 22 heavy (non-hydrogen) atoms. The van der Waals surface area contributed by atoms with Crippen molar-refractivity contribution in [2.75, 3.05) is 0 Å². The Morgan fingerprint density at radius 1 is 0.909 bits per heavy atom. The molecule has 0 saturated carbocycles. The number of carbonyl (C=O) groups excluding carboxylic acids is 1. The highest BCUT2D eigenvalue weighted by Gasteiger charge is 2.13. The zero-order valence-corrected chi connectivity index (χ0v) is 11.4. The quantitative estimate of drug-likeness (QED) is 0.626. The predicted octanol–water partition coefficient (Wildman–Crippen LogP) is 2.97. The highest BCUT2D eigenvalue weighted by molar-refractivity contribution is 6.14. The Bertz CT molecular complexity index is 1140. The van der Waals surface area contributed by atoms with E-state index in [-0.39, 0.29) is 29.4 Å². The molecule has 1 aliphatic rings. The third-order valence-corrected chi connectivity index (χ3v) is 3.84. The van der Waals surface area contributed by atoms with E-state index in [2.05, 4.69) is 0 Å². The monoisotopic (exact) mass is 292 g/mol. The van der Waals surface area contributed by atoms with Gasteiger partial charge < -0.3 is 10.2 Å². The molecule has 2 N–H and O–H groups in total. The summed E-state index contributed by atoms with van der Waals surface area (Å²) in [6.07, 6.45) is 5.96. The smallest absolute Gasteiger partial charge is 0.178 e. The van der Waals surface area contributed by atoms with Gasteiger partial charge in [0.2, 0.25) is 0 Å². The van der Waals surface area contributed by atoms with Gasteiger partial charge in [0, 0.05) is 10.8 Å². The van der Waals surface area contributed by atoms with Crippen LogP contribution in [0.5, 0.6) is 11.5 Å². The van der Waals surface area contributed by atoms with Crippen molar-refractivity contribution in [3.8, 4) is 11.5 Å². The van der Waals surface area contributed by atoms with Crippen LogP contribution < -0.4 is 5.22 Å². The molecule has 0 heterocycles. The van der Waals surface area contributed by atoms with Crippen molar-refractivity contribution in [2.45, 2.75) is 0 Å². The minimum atomic E-state index is -0.337. The van der Waals surface area contributed by atoms with E-state index in [9.17, 15) is 15.0 Å². The van der Waals surface area contributed by atoms with E-state index < -0.39 is 0 Å². The van der Waals surface area contributed by atoms with Crippen molar-refractivity contribution in [3.63, 3.8) is 0 Å². The SMILES string of the molecule is [2H]c1[13cH]cc2c[13c]([2H])c(=C3C=CC(=O)C=C3)c3c(O)c(O)cc1c23. The second-order valence-corrected chi connectivity index (χ2v) is 5.16.